The Morgan fingerprint density at radius 3 is 2.38 bits per heavy atom. The number of para-hydroxylation sites is 1. The summed E-state index contributed by atoms with van der Waals surface area (Å²) in [4.78, 5) is 38.5. The second-order valence-corrected chi connectivity index (χ2v) is 8.13. The topological polar surface area (TPSA) is 81.8 Å². The molecule has 0 radical (unpaired) electrons. The average molecular weight is 445 g/mol. The predicted octanol–water partition coefficient (Wildman–Crippen LogP) is 3.43. The Labute approximate surface area is 193 Å². The van der Waals surface area contributed by atoms with Crippen LogP contribution in [-0.4, -0.2) is 52.5 Å². The first kappa shape index (κ1) is 27.2. The molecule has 7 heteroatoms. The van der Waals surface area contributed by atoms with E-state index in [0.717, 1.165) is 69.3 Å². The maximum Gasteiger partial charge on any atom is 0.242 e. The number of anilines is 2. The van der Waals surface area contributed by atoms with Crippen molar-refractivity contribution >= 4 is 30.1 Å². The van der Waals surface area contributed by atoms with Gasteiger partial charge in [-0.25, -0.2) is 0 Å². The molecular weight excluding hydrogens is 404 g/mol. The standard InChI is InChI=1S/C25H40N4O3/c1-5-6-16-23(25(32)26-2)29(20-31)22-17-13-15-21(24(22)28(3)4)14-11-9-7-8-10-12-18-27-19-30/h5,13,15,17,19-20,23H,1,6-12,14,16,18H2,2-4H3,(H,26,32)(H,27,30). The molecule has 0 aliphatic carbocycles. The molecule has 0 spiro atoms. The van der Waals surface area contributed by atoms with Gasteiger partial charge in [0.15, 0.2) is 0 Å². The van der Waals surface area contributed by atoms with Gasteiger partial charge in [0.25, 0.3) is 0 Å². The van der Waals surface area contributed by atoms with Crippen LogP contribution < -0.4 is 20.4 Å². The van der Waals surface area contributed by atoms with Crippen LogP contribution in [0.25, 0.3) is 0 Å². The van der Waals surface area contributed by atoms with Gasteiger partial charge < -0.3 is 20.4 Å². The molecule has 1 aromatic rings. The Hall–Kier alpha value is -2.83. The molecule has 0 heterocycles. The number of likely N-dealkylation sites (N-methyl/N-ethyl adjacent to an activating group) is 1. The molecule has 32 heavy (non-hydrogen) atoms. The van der Waals surface area contributed by atoms with Crippen molar-refractivity contribution in [3.8, 4) is 0 Å². The number of nitrogens with one attached hydrogen (secondary N) is 2. The summed E-state index contributed by atoms with van der Waals surface area (Å²) in [6.45, 7) is 4.49. The fraction of sp³-hybridized carbons (Fsp3) is 0.560. The third kappa shape index (κ3) is 8.73. The normalized spacial score (nSPS) is 11.3. The summed E-state index contributed by atoms with van der Waals surface area (Å²) >= 11 is 0. The van der Waals surface area contributed by atoms with Crippen LogP contribution in [0.1, 0.15) is 56.9 Å². The molecule has 0 aliphatic heterocycles. The average Bonchev–Trinajstić information content (AvgIpc) is 2.79. The van der Waals surface area contributed by atoms with Crippen LogP contribution in [0.15, 0.2) is 30.9 Å². The number of amides is 3. The summed E-state index contributed by atoms with van der Waals surface area (Å²) in [6, 6.07) is 5.39. The van der Waals surface area contributed by atoms with Crippen LogP contribution in [0.2, 0.25) is 0 Å². The largest absolute Gasteiger partial charge is 0.376 e. The zero-order valence-electron chi connectivity index (χ0n) is 19.9. The predicted molar refractivity (Wildman–Crippen MR) is 132 cm³/mol. The van der Waals surface area contributed by atoms with Crippen LogP contribution in [0.5, 0.6) is 0 Å². The minimum atomic E-state index is -0.585. The molecule has 0 aliphatic rings. The van der Waals surface area contributed by atoms with Gasteiger partial charge in [0, 0.05) is 27.7 Å². The number of allylic oxidation sites excluding steroid dienone is 1. The third-order valence-electron chi connectivity index (χ3n) is 5.57. The zero-order chi connectivity index (χ0) is 23.8. The van der Waals surface area contributed by atoms with Crippen LogP contribution in [0.3, 0.4) is 0 Å². The second kappa shape index (κ2) is 15.9. The van der Waals surface area contributed by atoms with Gasteiger partial charge in [-0.3, -0.25) is 14.4 Å². The van der Waals surface area contributed by atoms with E-state index in [2.05, 4.69) is 23.3 Å². The van der Waals surface area contributed by atoms with Crippen molar-refractivity contribution in [1.29, 1.82) is 0 Å². The highest BCUT2D eigenvalue weighted by atomic mass is 16.2. The van der Waals surface area contributed by atoms with Crippen LogP contribution in [0, 0.1) is 0 Å². The van der Waals surface area contributed by atoms with Gasteiger partial charge >= 0.3 is 0 Å². The van der Waals surface area contributed by atoms with Gasteiger partial charge in [-0.15, -0.1) is 6.58 Å². The summed E-state index contributed by atoms with van der Waals surface area (Å²) in [5.41, 5.74) is 2.91. The number of carbonyl (C=O) groups excluding carboxylic acids is 3. The molecule has 1 rings (SSSR count). The SMILES string of the molecule is C=CCCC(C(=O)NC)N(C=O)c1cccc(CCCCCCCCNC=O)c1N(C)C. The number of carbonyl (C=O) groups is 3. The highest BCUT2D eigenvalue weighted by molar-refractivity contribution is 5.95. The van der Waals surface area contributed by atoms with Gasteiger partial charge in [-0.2, -0.15) is 0 Å². The molecule has 0 fully saturated rings. The maximum atomic E-state index is 12.5. The zero-order valence-corrected chi connectivity index (χ0v) is 19.9. The summed E-state index contributed by atoms with van der Waals surface area (Å²) in [5.74, 6) is -0.183. The number of hydrogen-bond donors (Lipinski definition) is 2. The van der Waals surface area contributed by atoms with Crippen LogP contribution >= 0.6 is 0 Å². The molecule has 0 aromatic heterocycles. The Bertz CT molecular complexity index is 721. The van der Waals surface area contributed by atoms with E-state index in [1.165, 1.54) is 12.0 Å². The van der Waals surface area contributed by atoms with Gasteiger partial charge in [-0.05, 0) is 43.7 Å². The van der Waals surface area contributed by atoms with Crippen molar-refractivity contribution in [3.63, 3.8) is 0 Å². The Balaban J connectivity index is 2.89. The third-order valence-corrected chi connectivity index (χ3v) is 5.57. The number of nitrogens with zero attached hydrogens (tertiary/aromatic N) is 2. The molecule has 1 atom stereocenters. The minimum absolute atomic E-state index is 0.183. The van der Waals surface area contributed by atoms with E-state index in [1.807, 2.05) is 31.1 Å². The fourth-order valence-corrected chi connectivity index (χ4v) is 3.95. The number of aryl methyl sites for hydroxylation is 1. The molecule has 1 unspecified atom stereocenters. The highest BCUT2D eigenvalue weighted by Crippen LogP contribution is 2.34. The first-order valence-electron chi connectivity index (χ1n) is 11.5. The second-order valence-electron chi connectivity index (χ2n) is 8.13. The van der Waals surface area contributed by atoms with Crippen molar-refractivity contribution in [2.24, 2.45) is 0 Å². The molecule has 0 saturated carbocycles. The molecule has 0 bridgehead atoms. The smallest absolute Gasteiger partial charge is 0.242 e. The quantitative estimate of drug-likeness (QED) is 0.206. The van der Waals surface area contributed by atoms with Gasteiger partial charge in [0.05, 0.1) is 11.4 Å². The van der Waals surface area contributed by atoms with E-state index < -0.39 is 6.04 Å². The van der Waals surface area contributed by atoms with E-state index in [0.29, 0.717) is 12.8 Å². The lowest BCUT2D eigenvalue weighted by Gasteiger charge is -2.31. The lowest BCUT2D eigenvalue weighted by atomic mass is 10.0. The van der Waals surface area contributed by atoms with Gasteiger partial charge in [0.2, 0.25) is 18.7 Å². The summed E-state index contributed by atoms with van der Waals surface area (Å²) < 4.78 is 0. The van der Waals surface area contributed by atoms with E-state index in [9.17, 15) is 14.4 Å². The summed E-state index contributed by atoms with van der Waals surface area (Å²) in [6.07, 6.45) is 12.0. The van der Waals surface area contributed by atoms with Crippen molar-refractivity contribution in [2.75, 3.05) is 37.5 Å². The summed E-state index contributed by atoms with van der Waals surface area (Å²) in [5, 5.41) is 5.38. The molecule has 1 aromatic carbocycles. The monoisotopic (exact) mass is 444 g/mol. The van der Waals surface area contributed by atoms with Crippen LogP contribution in [-0.2, 0) is 20.8 Å². The van der Waals surface area contributed by atoms with E-state index >= 15 is 0 Å². The summed E-state index contributed by atoms with van der Waals surface area (Å²) in [7, 11) is 5.53. The number of unbranched alkanes of at least 4 members (excludes halogenated alkanes) is 5. The van der Waals surface area contributed by atoms with E-state index in [1.54, 1.807) is 18.0 Å². The molecule has 7 nitrogen and oxygen atoms in total. The first-order valence-corrected chi connectivity index (χ1v) is 11.5. The maximum absolute atomic E-state index is 12.5. The Kier molecular flexibility index (Phi) is 13.5. The van der Waals surface area contributed by atoms with E-state index in [-0.39, 0.29) is 5.91 Å². The number of hydrogen-bond acceptors (Lipinski definition) is 4. The Morgan fingerprint density at radius 2 is 1.78 bits per heavy atom. The molecule has 0 saturated heterocycles. The van der Waals surface area contributed by atoms with Crippen LogP contribution in [0.4, 0.5) is 11.4 Å². The fourth-order valence-electron chi connectivity index (χ4n) is 3.95. The molecule has 2 N–H and O–H groups in total. The lowest BCUT2D eigenvalue weighted by Crippen LogP contribution is -2.46. The van der Waals surface area contributed by atoms with Crippen molar-refractivity contribution in [2.45, 2.75) is 63.8 Å². The van der Waals surface area contributed by atoms with E-state index in [4.69, 9.17) is 0 Å². The minimum Gasteiger partial charge on any atom is -0.376 e. The van der Waals surface area contributed by atoms with Crippen molar-refractivity contribution in [3.05, 3.63) is 36.4 Å². The first-order chi connectivity index (χ1) is 15.5. The van der Waals surface area contributed by atoms with Crippen molar-refractivity contribution in [1.82, 2.24) is 10.6 Å². The Morgan fingerprint density at radius 1 is 1.09 bits per heavy atom. The molecular formula is C25H40N4O3. The van der Waals surface area contributed by atoms with Gasteiger partial charge in [-0.1, -0.05) is 43.9 Å². The van der Waals surface area contributed by atoms with Crippen molar-refractivity contribution < 1.29 is 14.4 Å². The van der Waals surface area contributed by atoms with Gasteiger partial charge in [0.1, 0.15) is 6.04 Å². The lowest BCUT2D eigenvalue weighted by molar-refractivity contribution is -0.123. The number of rotatable bonds is 18. The highest BCUT2D eigenvalue weighted by Gasteiger charge is 2.27. The molecule has 178 valence electrons. The number of benzene rings is 1. The molecule has 3 amide bonds.